The van der Waals surface area contributed by atoms with Crippen molar-refractivity contribution >= 4 is 12.1 Å². The van der Waals surface area contributed by atoms with Crippen molar-refractivity contribution in [3.05, 3.63) is 12.7 Å². The summed E-state index contributed by atoms with van der Waals surface area (Å²) < 4.78 is 10.5. The van der Waals surface area contributed by atoms with Crippen molar-refractivity contribution in [2.45, 2.75) is 123 Å². The van der Waals surface area contributed by atoms with Crippen LogP contribution in [0.3, 0.4) is 0 Å². The van der Waals surface area contributed by atoms with Gasteiger partial charge in [-0.3, -0.25) is 0 Å². The van der Waals surface area contributed by atoms with E-state index in [9.17, 15) is 9.59 Å². The lowest BCUT2D eigenvalue weighted by molar-refractivity contribution is -0.146. The Labute approximate surface area is 185 Å². The van der Waals surface area contributed by atoms with Crippen LogP contribution >= 0.6 is 0 Å². The highest BCUT2D eigenvalue weighted by atomic mass is 16.6. The first-order valence-corrected chi connectivity index (χ1v) is 12.4. The molecule has 1 atom stereocenters. The fourth-order valence-electron chi connectivity index (χ4n) is 3.30. The topological polar surface area (TPSA) is 64.6 Å². The standard InChI is InChI=1S/C25H47NO4/c1-4-7-9-11-13-15-17-19-22-30-25(28)26-23(20-6-3)24(27)29-21-18-16-14-12-10-8-5-2/h6,23H,3-5,7-22H2,1-2H3,(H,26,28). The minimum atomic E-state index is -0.724. The van der Waals surface area contributed by atoms with Crippen molar-refractivity contribution in [2.24, 2.45) is 0 Å². The molecule has 0 saturated carbocycles. The van der Waals surface area contributed by atoms with Gasteiger partial charge in [-0.25, -0.2) is 9.59 Å². The van der Waals surface area contributed by atoms with Gasteiger partial charge < -0.3 is 14.8 Å². The van der Waals surface area contributed by atoms with E-state index in [1.54, 1.807) is 6.08 Å². The lowest BCUT2D eigenvalue weighted by Crippen LogP contribution is -2.42. The lowest BCUT2D eigenvalue weighted by Gasteiger charge is -2.16. The van der Waals surface area contributed by atoms with Crippen LogP contribution in [0.4, 0.5) is 4.79 Å². The molecule has 5 heteroatoms. The van der Waals surface area contributed by atoms with E-state index in [0.717, 1.165) is 25.7 Å². The number of carbonyl (C=O) groups is 2. The number of amides is 1. The Morgan fingerprint density at radius 1 is 0.733 bits per heavy atom. The monoisotopic (exact) mass is 425 g/mol. The summed E-state index contributed by atoms with van der Waals surface area (Å²) in [5.41, 5.74) is 0. The van der Waals surface area contributed by atoms with Gasteiger partial charge in [0.25, 0.3) is 0 Å². The third-order valence-electron chi connectivity index (χ3n) is 5.20. The number of esters is 1. The summed E-state index contributed by atoms with van der Waals surface area (Å²) in [6.45, 7) is 8.87. The molecule has 0 aromatic heterocycles. The molecule has 0 aromatic carbocycles. The van der Waals surface area contributed by atoms with E-state index in [4.69, 9.17) is 9.47 Å². The average molecular weight is 426 g/mol. The fraction of sp³-hybridized carbons (Fsp3) is 0.840. The van der Waals surface area contributed by atoms with Crippen molar-refractivity contribution in [3.63, 3.8) is 0 Å². The number of hydrogen-bond donors (Lipinski definition) is 1. The number of hydrogen-bond acceptors (Lipinski definition) is 4. The highest BCUT2D eigenvalue weighted by Gasteiger charge is 2.21. The van der Waals surface area contributed by atoms with Gasteiger partial charge in [-0.15, -0.1) is 6.58 Å². The molecule has 5 nitrogen and oxygen atoms in total. The zero-order valence-electron chi connectivity index (χ0n) is 19.7. The largest absolute Gasteiger partial charge is 0.464 e. The Morgan fingerprint density at radius 2 is 1.17 bits per heavy atom. The summed E-state index contributed by atoms with van der Waals surface area (Å²) in [4.78, 5) is 24.2. The first-order valence-electron chi connectivity index (χ1n) is 12.4. The number of alkyl carbamates (subject to hydrolysis) is 1. The van der Waals surface area contributed by atoms with Crippen LogP contribution in [0.5, 0.6) is 0 Å². The molecule has 0 aliphatic heterocycles. The minimum absolute atomic E-state index is 0.336. The van der Waals surface area contributed by atoms with E-state index >= 15 is 0 Å². The van der Waals surface area contributed by atoms with Crippen molar-refractivity contribution < 1.29 is 19.1 Å². The second-order valence-corrected chi connectivity index (χ2v) is 8.12. The molecule has 0 radical (unpaired) electrons. The smallest absolute Gasteiger partial charge is 0.407 e. The van der Waals surface area contributed by atoms with Gasteiger partial charge in [0.15, 0.2) is 0 Å². The highest BCUT2D eigenvalue weighted by Crippen LogP contribution is 2.09. The predicted octanol–water partition coefficient (Wildman–Crippen LogP) is 7.09. The Balaban J connectivity index is 3.82. The van der Waals surface area contributed by atoms with Crippen molar-refractivity contribution in [2.75, 3.05) is 13.2 Å². The average Bonchev–Trinajstić information content (AvgIpc) is 2.74. The third-order valence-corrected chi connectivity index (χ3v) is 5.20. The maximum Gasteiger partial charge on any atom is 0.407 e. The van der Waals surface area contributed by atoms with Gasteiger partial charge in [-0.2, -0.15) is 0 Å². The second kappa shape index (κ2) is 22.2. The van der Waals surface area contributed by atoms with Crippen LogP contribution in [-0.2, 0) is 14.3 Å². The zero-order valence-corrected chi connectivity index (χ0v) is 19.7. The van der Waals surface area contributed by atoms with Crippen LogP contribution in [0.1, 0.15) is 117 Å². The molecule has 1 unspecified atom stereocenters. The molecule has 1 amide bonds. The first kappa shape index (κ1) is 28.5. The summed E-state index contributed by atoms with van der Waals surface area (Å²) in [6.07, 6.45) is 19.1. The number of unbranched alkanes of at least 4 members (excludes halogenated alkanes) is 13. The summed E-state index contributed by atoms with van der Waals surface area (Å²) in [5.74, 6) is -0.412. The van der Waals surface area contributed by atoms with Gasteiger partial charge in [-0.05, 0) is 19.3 Å². The number of carbonyl (C=O) groups excluding carboxylic acids is 2. The number of rotatable bonds is 21. The molecule has 0 heterocycles. The molecule has 176 valence electrons. The zero-order chi connectivity index (χ0) is 22.3. The van der Waals surface area contributed by atoms with Gasteiger partial charge >= 0.3 is 12.1 Å². The Kier molecular flexibility index (Phi) is 21.0. The molecule has 0 fully saturated rings. The van der Waals surface area contributed by atoms with Gasteiger partial charge in [0.05, 0.1) is 13.2 Å². The number of nitrogens with one attached hydrogen (secondary N) is 1. The molecule has 0 spiro atoms. The predicted molar refractivity (Wildman–Crippen MR) is 125 cm³/mol. The maximum absolute atomic E-state index is 12.2. The fourth-order valence-corrected chi connectivity index (χ4v) is 3.30. The van der Waals surface area contributed by atoms with E-state index < -0.39 is 18.1 Å². The summed E-state index contributed by atoms with van der Waals surface area (Å²) in [5, 5.41) is 2.61. The summed E-state index contributed by atoms with van der Waals surface area (Å²) in [7, 11) is 0. The van der Waals surface area contributed by atoms with Crippen LogP contribution in [-0.4, -0.2) is 31.3 Å². The van der Waals surface area contributed by atoms with Crippen LogP contribution in [0.15, 0.2) is 12.7 Å². The Hall–Kier alpha value is -1.52. The van der Waals surface area contributed by atoms with Gasteiger partial charge in [0, 0.05) is 0 Å². The normalized spacial score (nSPS) is 11.7. The van der Waals surface area contributed by atoms with Crippen LogP contribution in [0, 0.1) is 0 Å². The molecule has 0 aliphatic carbocycles. The van der Waals surface area contributed by atoms with Crippen molar-refractivity contribution in [3.8, 4) is 0 Å². The Morgan fingerprint density at radius 3 is 1.63 bits per heavy atom. The molecule has 0 saturated heterocycles. The third kappa shape index (κ3) is 18.5. The molecule has 1 N–H and O–H groups in total. The first-order chi connectivity index (χ1) is 14.7. The highest BCUT2D eigenvalue weighted by molar-refractivity contribution is 5.81. The van der Waals surface area contributed by atoms with E-state index in [-0.39, 0.29) is 0 Å². The Bertz CT molecular complexity index is 425. The molecule has 0 aromatic rings. The van der Waals surface area contributed by atoms with E-state index in [1.807, 2.05) is 0 Å². The molecule has 0 bridgehead atoms. The SMILES string of the molecule is C=CCC(NC(=O)OCCCCCCCCCC)C(=O)OCCCCCCCCC. The molecule has 0 rings (SSSR count). The van der Waals surface area contributed by atoms with Crippen LogP contribution < -0.4 is 5.32 Å². The van der Waals surface area contributed by atoms with Gasteiger partial charge in [0.2, 0.25) is 0 Å². The maximum atomic E-state index is 12.2. The van der Waals surface area contributed by atoms with E-state index in [2.05, 4.69) is 25.7 Å². The van der Waals surface area contributed by atoms with Crippen LogP contribution in [0.25, 0.3) is 0 Å². The quantitative estimate of drug-likeness (QED) is 0.121. The van der Waals surface area contributed by atoms with Crippen molar-refractivity contribution in [1.82, 2.24) is 5.32 Å². The molecule has 0 aliphatic rings. The summed E-state index contributed by atoms with van der Waals surface area (Å²) in [6, 6.07) is -0.724. The second-order valence-electron chi connectivity index (χ2n) is 8.12. The lowest BCUT2D eigenvalue weighted by atomic mass is 10.1. The summed E-state index contributed by atoms with van der Waals surface area (Å²) >= 11 is 0. The molecular formula is C25H47NO4. The van der Waals surface area contributed by atoms with Gasteiger partial charge in [-0.1, -0.05) is 103 Å². The van der Waals surface area contributed by atoms with Crippen LogP contribution in [0.2, 0.25) is 0 Å². The molecule has 30 heavy (non-hydrogen) atoms. The van der Waals surface area contributed by atoms with E-state index in [1.165, 1.54) is 70.6 Å². The minimum Gasteiger partial charge on any atom is -0.464 e. The number of ether oxygens (including phenoxy) is 2. The van der Waals surface area contributed by atoms with Gasteiger partial charge in [0.1, 0.15) is 6.04 Å². The molecular weight excluding hydrogens is 378 g/mol. The van der Waals surface area contributed by atoms with Crippen molar-refractivity contribution in [1.29, 1.82) is 0 Å². The van der Waals surface area contributed by atoms with E-state index in [0.29, 0.717) is 19.6 Å².